The second-order valence-corrected chi connectivity index (χ2v) is 6.36. The number of piperidine rings is 1. The van der Waals surface area contributed by atoms with E-state index >= 15 is 0 Å². The molecule has 1 fully saturated rings. The van der Waals surface area contributed by atoms with Gasteiger partial charge in [-0.05, 0) is 48.3 Å². The van der Waals surface area contributed by atoms with Crippen molar-refractivity contribution in [1.82, 2.24) is 4.90 Å². The predicted molar refractivity (Wildman–Crippen MR) is 73.8 cm³/mol. The van der Waals surface area contributed by atoms with Crippen LogP contribution in [0.1, 0.15) is 37.1 Å². The Morgan fingerprint density at radius 3 is 3.00 bits per heavy atom. The summed E-state index contributed by atoms with van der Waals surface area (Å²) in [6.45, 7) is 4.24. The Bertz CT molecular complexity index is 340. The highest BCUT2D eigenvalue weighted by Crippen LogP contribution is 2.32. The molecule has 2 unspecified atom stereocenters. The van der Waals surface area contributed by atoms with E-state index in [9.17, 15) is 0 Å². The molecule has 4 heteroatoms. The summed E-state index contributed by atoms with van der Waals surface area (Å²) < 4.78 is 1.18. The molecule has 1 aromatic heterocycles. The van der Waals surface area contributed by atoms with Gasteiger partial charge < -0.3 is 5.73 Å². The highest BCUT2D eigenvalue weighted by atomic mass is 79.9. The van der Waals surface area contributed by atoms with Gasteiger partial charge in [0.05, 0.1) is 6.04 Å². The Balaban J connectivity index is 2.14. The second-order valence-electron chi connectivity index (χ2n) is 4.50. The first-order chi connectivity index (χ1) is 7.72. The maximum atomic E-state index is 5.96. The Kier molecular flexibility index (Phi) is 4.41. The van der Waals surface area contributed by atoms with Crippen LogP contribution in [0.15, 0.2) is 15.9 Å². The summed E-state index contributed by atoms with van der Waals surface area (Å²) >= 11 is 5.33. The molecule has 1 aliphatic rings. The summed E-state index contributed by atoms with van der Waals surface area (Å²) in [6.07, 6.45) is 3.99. The van der Waals surface area contributed by atoms with Crippen molar-refractivity contribution in [3.8, 4) is 0 Å². The van der Waals surface area contributed by atoms with Gasteiger partial charge in [-0.3, -0.25) is 4.90 Å². The highest BCUT2D eigenvalue weighted by molar-refractivity contribution is 9.10. The molecule has 0 amide bonds. The Morgan fingerprint density at radius 1 is 1.62 bits per heavy atom. The van der Waals surface area contributed by atoms with Crippen molar-refractivity contribution in [2.24, 2.45) is 5.73 Å². The average molecular weight is 303 g/mol. The molecular formula is C12H19BrN2S. The minimum Gasteiger partial charge on any atom is -0.329 e. The minimum atomic E-state index is 0.409. The molecule has 0 spiro atoms. The molecule has 2 heterocycles. The lowest BCUT2D eigenvalue weighted by molar-refractivity contribution is 0.110. The summed E-state index contributed by atoms with van der Waals surface area (Å²) in [7, 11) is 0. The lowest BCUT2D eigenvalue weighted by atomic mass is 10.0. The molecule has 16 heavy (non-hydrogen) atoms. The van der Waals surface area contributed by atoms with Gasteiger partial charge in [0.25, 0.3) is 0 Å². The topological polar surface area (TPSA) is 29.3 Å². The normalized spacial score (nSPS) is 24.6. The third-order valence-electron chi connectivity index (χ3n) is 3.39. The highest BCUT2D eigenvalue weighted by Gasteiger charge is 2.26. The molecule has 2 N–H and O–H groups in total. The number of likely N-dealkylation sites (tertiary alicyclic amines) is 1. The van der Waals surface area contributed by atoms with E-state index in [-0.39, 0.29) is 0 Å². The SMILES string of the molecule is CC1CCCCN1C(CN)c1cc(Br)cs1. The van der Waals surface area contributed by atoms with E-state index in [0.29, 0.717) is 12.1 Å². The fourth-order valence-electron chi connectivity index (χ4n) is 2.50. The van der Waals surface area contributed by atoms with Crippen LogP contribution in [0.2, 0.25) is 0 Å². The van der Waals surface area contributed by atoms with Gasteiger partial charge >= 0.3 is 0 Å². The van der Waals surface area contributed by atoms with Gasteiger partial charge in [0.15, 0.2) is 0 Å². The zero-order chi connectivity index (χ0) is 11.5. The summed E-state index contributed by atoms with van der Waals surface area (Å²) in [5, 5.41) is 2.15. The van der Waals surface area contributed by atoms with Crippen LogP contribution in [-0.4, -0.2) is 24.0 Å². The molecule has 0 saturated carbocycles. The molecular weight excluding hydrogens is 284 g/mol. The first-order valence-corrected chi connectivity index (χ1v) is 7.59. The molecule has 0 bridgehead atoms. The summed E-state index contributed by atoms with van der Waals surface area (Å²) in [6, 6.07) is 3.29. The zero-order valence-corrected chi connectivity index (χ0v) is 12.1. The van der Waals surface area contributed by atoms with Crippen LogP contribution >= 0.6 is 27.3 Å². The molecule has 0 aromatic carbocycles. The van der Waals surface area contributed by atoms with Crippen molar-refractivity contribution in [3.63, 3.8) is 0 Å². The van der Waals surface area contributed by atoms with E-state index in [1.807, 2.05) is 11.3 Å². The summed E-state index contributed by atoms with van der Waals surface area (Å²) in [5.41, 5.74) is 5.96. The fraction of sp³-hybridized carbons (Fsp3) is 0.667. The maximum absolute atomic E-state index is 5.96. The molecule has 1 aliphatic heterocycles. The van der Waals surface area contributed by atoms with E-state index in [4.69, 9.17) is 5.73 Å². The van der Waals surface area contributed by atoms with Crippen molar-refractivity contribution in [2.75, 3.05) is 13.1 Å². The lowest BCUT2D eigenvalue weighted by Crippen LogP contribution is -2.42. The number of rotatable bonds is 3. The summed E-state index contributed by atoms with van der Waals surface area (Å²) in [4.78, 5) is 3.96. The van der Waals surface area contributed by atoms with Crippen molar-refractivity contribution >= 4 is 27.3 Å². The lowest BCUT2D eigenvalue weighted by Gasteiger charge is -2.38. The van der Waals surface area contributed by atoms with Gasteiger partial charge in [-0.1, -0.05) is 6.42 Å². The van der Waals surface area contributed by atoms with Gasteiger partial charge in [0.2, 0.25) is 0 Å². The van der Waals surface area contributed by atoms with Crippen LogP contribution in [0.3, 0.4) is 0 Å². The van der Waals surface area contributed by atoms with Crippen LogP contribution in [0.25, 0.3) is 0 Å². The number of halogens is 1. The predicted octanol–water partition coefficient (Wildman–Crippen LogP) is 3.38. The maximum Gasteiger partial charge on any atom is 0.0567 e. The van der Waals surface area contributed by atoms with Crippen LogP contribution in [0.5, 0.6) is 0 Å². The van der Waals surface area contributed by atoms with E-state index in [0.717, 1.165) is 6.54 Å². The van der Waals surface area contributed by atoms with Gasteiger partial charge in [-0.15, -0.1) is 11.3 Å². The molecule has 2 nitrogen and oxygen atoms in total. The summed E-state index contributed by atoms with van der Waals surface area (Å²) in [5.74, 6) is 0. The van der Waals surface area contributed by atoms with Crippen molar-refractivity contribution in [1.29, 1.82) is 0 Å². The van der Waals surface area contributed by atoms with Gasteiger partial charge in [-0.2, -0.15) is 0 Å². The smallest absolute Gasteiger partial charge is 0.0567 e. The molecule has 2 atom stereocenters. The molecule has 1 aromatic rings. The van der Waals surface area contributed by atoms with Gasteiger partial charge in [-0.25, -0.2) is 0 Å². The first-order valence-electron chi connectivity index (χ1n) is 5.92. The largest absolute Gasteiger partial charge is 0.329 e. The fourth-order valence-corrected chi connectivity index (χ4v) is 4.08. The second kappa shape index (κ2) is 5.63. The number of hydrogen-bond donors (Lipinski definition) is 1. The van der Waals surface area contributed by atoms with Crippen LogP contribution in [0.4, 0.5) is 0 Å². The van der Waals surface area contributed by atoms with Crippen LogP contribution in [0, 0.1) is 0 Å². The minimum absolute atomic E-state index is 0.409. The average Bonchev–Trinajstić information content (AvgIpc) is 2.69. The molecule has 2 rings (SSSR count). The van der Waals surface area contributed by atoms with E-state index in [2.05, 4.69) is 39.2 Å². The Labute approximate surface area is 110 Å². The van der Waals surface area contributed by atoms with Crippen LogP contribution in [-0.2, 0) is 0 Å². The van der Waals surface area contributed by atoms with E-state index in [1.165, 1.54) is 35.2 Å². The molecule has 90 valence electrons. The van der Waals surface area contributed by atoms with Crippen molar-refractivity contribution in [3.05, 3.63) is 20.8 Å². The standard InChI is InChI=1S/C12H19BrN2S/c1-9-4-2-3-5-15(9)11(7-14)12-6-10(13)8-16-12/h6,8-9,11H,2-5,7,14H2,1H3. The quantitative estimate of drug-likeness (QED) is 0.927. The Hall–Kier alpha value is 0.1000. The third-order valence-corrected chi connectivity index (χ3v) is 5.19. The van der Waals surface area contributed by atoms with E-state index < -0.39 is 0 Å². The zero-order valence-electron chi connectivity index (χ0n) is 9.66. The third kappa shape index (κ3) is 2.67. The van der Waals surface area contributed by atoms with Gasteiger partial charge in [0, 0.05) is 27.3 Å². The molecule has 0 aliphatic carbocycles. The number of hydrogen-bond acceptors (Lipinski definition) is 3. The number of nitrogens with two attached hydrogens (primary N) is 1. The molecule has 1 saturated heterocycles. The first kappa shape index (κ1) is 12.6. The Morgan fingerprint density at radius 2 is 2.44 bits per heavy atom. The molecule has 0 radical (unpaired) electrons. The van der Waals surface area contributed by atoms with Gasteiger partial charge in [0.1, 0.15) is 0 Å². The van der Waals surface area contributed by atoms with Crippen molar-refractivity contribution in [2.45, 2.75) is 38.3 Å². The van der Waals surface area contributed by atoms with E-state index in [1.54, 1.807) is 0 Å². The van der Waals surface area contributed by atoms with Crippen molar-refractivity contribution < 1.29 is 0 Å². The monoisotopic (exact) mass is 302 g/mol. The number of thiophene rings is 1. The number of nitrogens with zero attached hydrogens (tertiary/aromatic N) is 1. The van der Waals surface area contributed by atoms with Crippen LogP contribution < -0.4 is 5.73 Å².